The molecule has 0 spiro atoms. The van der Waals surface area contributed by atoms with Crippen molar-refractivity contribution in [3.05, 3.63) is 58.7 Å². The standard InChI is InChI=1S/C21H18F6N2O2/c1-11(20(22,23)24)31-18-6-5-12(9-15(18)21(25,26)27)19-29-17(10-30-19)13-3-2-4-16-14(13)7-8-28-16/h2-6,9,11,17,28H,7-8,10H2,1H3. The molecule has 2 aliphatic heterocycles. The first-order valence-electron chi connectivity index (χ1n) is 9.55. The normalized spacial score (nSPS) is 19.3. The number of alkyl halides is 6. The van der Waals surface area contributed by atoms with Crippen molar-refractivity contribution in [2.45, 2.75) is 37.8 Å². The summed E-state index contributed by atoms with van der Waals surface area (Å²) in [6.45, 7) is 1.61. The van der Waals surface area contributed by atoms with Gasteiger partial charge in [-0.1, -0.05) is 12.1 Å². The maximum Gasteiger partial charge on any atom is 0.425 e. The first-order chi connectivity index (χ1) is 14.5. The van der Waals surface area contributed by atoms with E-state index < -0.39 is 29.8 Å². The maximum atomic E-state index is 13.5. The third-order valence-corrected chi connectivity index (χ3v) is 5.21. The van der Waals surface area contributed by atoms with E-state index in [0.29, 0.717) is 13.0 Å². The van der Waals surface area contributed by atoms with Gasteiger partial charge in [-0.3, -0.25) is 0 Å². The second-order valence-corrected chi connectivity index (χ2v) is 7.32. The van der Waals surface area contributed by atoms with Gasteiger partial charge in [0.2, 0.25) is 5.90 Å². The Hall–Kier alpha value is -2.91. The third-order valence-electron chi connectivity index (χ3n) is 5.21. The van der Waals surface area contributed by atoms with Gasteiger partial charge in [-0.25, -0.2) is 4.99 Å². The second kappa shape index (κ2) is 7.65. The van der Waals surface area contributed by atoms with Crippen molar-refractivity contribution in [1.82, 2.24) is 0 Å². The Balaban J connectivity index is 1.64. The van der Waals surface area contributed by atoms with Crippen LogP contribution in [-0.2, 0) is 17.3 Å². The maximum absolute atomic E-state index is 13.5. The molecule has 0 radical (unpaired) electrons. The molecule has 2 aliphatic rings. The molecular formula is C21H18F6N2O2. The Kier molecular flexibility index (Phi) is 5.26. The molecule has 2 heterocycles. The number of fused-ring (bicyclic) bond motifs is 1. The van der Waals surface area contributed by atoms with Crippen molar-refractivity contribution in [2.75, 3.05) is 18.5 Å². The summed E-state index contributed by atoms with van der Waals surface area (Å²) in [5, 5.41) is 3.25. The molecule has 0 aromatic heterocycles. The van der Waals surface area contributed by atoms with Crippen LogP contribution < -0.4 is 10.1 Å². The minimum atomic E-state index is -4.92. The van der Waals surface area contributed by atoms with Crippen LogP contribution >= 0.6 is 0 Å². The van der Waals surface area contributed by atoms with Crippen LogP contribution in [0.3, 0.4) is 0 Å². The minimum Gasteiger partial charge on any atom is -0.481 e. The van der Waals surface area contributed by atoms with Crippen LogP contribution in [-0.4, -0.2) is 31.3 Å². The van der Waals surface area contributed by atoms with Crippen LogP contribution in [0.5, 0.6) is 5.75 Å². The number of anilines is 1. The molecule has 10 heteroatoms. The Morgan fingerprint density at radius 3 is 2.61 bits per heavy atom. The molecular weight excluding hydrogens is 426 g/mol. The number of hydrogen-bond donors (Lipinski definition) is 1. The van der Waals surface area contributed by atoms with Crippen LogP contribution in [0.15, 0.2) is 41.4 Å². The molecule has 0 saturated heterocycles. The van der Waals surface area contributed by atoms with E-state index >= 15 is 0 Å². The zero-order chi connectivity index (χ0) is 22.4. The van der Waals surface area contributed by atoms with E-state index in [1.54, 1.807) is 0 Å². The molecule has 166 valence electrons. The Morgan fingerprint density at radius 2 is 1.90 bits per heavy atom. The van der Waals surface area contributed by atoms with Crippen molar-refractivity contribution in [1.29, 1.82) is 0 Å². The summed E-state index contributed by atoms with van der Waals surface area (Å²) >= 11 is 0. The van der Waals surface area contributed by atoms with E-state index in [-0.39, 0.29) is 24.1 Å². The van der Waals surface area contributed by atoms with Crippen molar-refractivity contribution >= 4 is 11.6 Å². The molecule has 1 N–H and O–H groups in total. The molecule has 4 nitrogen and oxygen atoms in total. The van der Waals surface area contributed by atoms with Gasteiger partial charge in [-0.05, 0) is 48.7 Å². The number of benzene rings is 2. The molecule has 0 saturated carbocycles. The highest BCUT2D eigenvalue weighted by atomic mass is 19.4. The van der Waals surface area contributed by atoms with E-state index in [0.717, 1.165) is 35.8 Å². The fourth-order valence-electron chi connectivity index (χ4n) is 3.62. The van der Waals surface area contributed by atoms with E-state index in [9.17, 15) is 26.3 Å². The van der Waals surface area contributed by atoms with Crippen LogP contribution in [0.1, 0.15) is 35.2 Å². The highest BCUT2D eigenvalue weighted by Gasteiger charge is 2.41. The molecule has 0 fully saturated rings. The van der Waals surface area contributed by atoms with Crippen molar-refractivity contribution < 1.29 is 35.8 Å². The number of aliphatic imine (C=N–C) groups is 1. The number of ether oxygens (including phenoxy) is 2. The van der Waals surface area contributed by atoms with Gasteiger partial charge in [0.25, 0.3) is 0 Å². The van der Waals surface area contributed by atoms with Crippen molar-refractivity contribution in [2.24, 2.45) is 4.99 Å². The van der Waals surface area contributed by atoms with Crippen molar-refractivity contribution in [3.63, 3.8) is 0 Å². The number of hydrogen-bond acceptors (Lipinski definition) is 4. The van der Waals surface area contributed by atoms with Crippen LogP contribution in [0.4, 0.5) is 32.0 Å². The topological polar surface area (TPSA) is 42.8 Å². The monoisotopic (exact) mass is 444 g/mol. The summed E-state index contributed by atoms with van der Waals surface area (Å²) in [5.41, 5.74) is 1.74. The lowest BCUT2D eigenvalue weighted by atomic mass is 9.99. The van der Waals surface area contributed by atoms with Gasteiger partial charge in [-0.2, -0.15) is 26.3 Å². The highest BCUT2D eigenvalue weighted by molar-refractivity contribution is 5.95. The fraction of sp³-hybridized carbons (Fsp3) is 0.381. The Bertz CT molecular complexity index is 1020. The summed E-state index contributed by atoms with van der Waals surface area (Å²) in [7, 11) is 0. The number of rotatable bonds is 4. The molecule has 0 bridgehead atoms. The lowest BCUT2D eigenvalue weighted by Crippen LogP contribution is -2.32. The summed E-state index contributed by atoms with van der Waals surface area (Å²) in [5.74, 6) is -0.891. The lowest BCUT2D eigenvalue weighted by Gasteiger charge is -2.21. The largest absolute Gasteiger partial charge is 0.481 e. The van der Waals surface area contributed by atoms with Gasteiger partial charge in [0, 0.05) is 17.8 Å². The van der Waals surface area contributed by atoms with Gasteiger partial charge in [0.05, 0.1) is 5.56 Å². The van der Waals surface area contributed by atoms with Crippen LogP contribution in [0.2, 0.25) is 0 Å². The first-order valence-corrected chi connectivity index (χ1v) is 9.55. The predicted molar refractivity (Wildman–Crippen MR) is 101 cm³/mol. The molecule has 2 aromatic rings. The molecule has 2 atom stereocenters. The van der Waals surface area contributed by atoms with E-state index in [4.69, 9.17) is 4.74 Å². The smallest absolute Gasteiger partial charge is 0.425 e. The zero-order valence-corrected chi connectivity index (χ0v) is 16.3. The molecule has 31 heavy (non-hydrogen) atoms. The van der Waals surface area contributed by atoms with Gasteiger partial charge < -0.3 is 14.8 Å². The third kappa shape index (κ3) is 4.28. The van der Waals surface area contributed by atoms with Crippen LogP contribution in [0, 0.1) is 0 Å². The molecule has 2 unspecified atom stereocenters. The fourth-order valence-corrected chi connectivity index (χ4v) is 3.62. The predicted octanol–water partition coefficient (Wildman–Crippen LogP) is 5.52. The van der Waals surface area contributed by atoms with Gasteiger partial charge in [0.15, 0.2) is 6.10 Å². The van der Waals surface area contributed by atoms with Gasteiger partial charge >= 0.3 is 12.4 Å². The summed E-state index contributed by atoms with van der Waals surface area (Å²) in [6, 6.07) is 8.13. The molecule has 0 amide bonds. The molecule has 2 aromatic carbocycles. The average molecular weight is 444 g/mol. The minimum absolute atomic E-state index is 0.00878. The summed E-state index contributed by atoms with van der Waals surface area (Å²) in [6.07, 6.45) is -11.3. The van der Waals surface area contributed by atoms with Crippen LogP contribution in [0.25, 0.3) is 0 Å². The Morgan fingerprint density at radius 1 is 1.13 bits per heavy atom. The quantitative estimate of drug-likeness (QED) is 0.632. The molecule has 4 rings (SSSR count). The summed E-state index contributed by atoms with van der Waals surface area (Å²) in [4.78, 5) is 4.44. The SMILES string of the molecule is CC(Oc1ccc(C2=NC(c3cccc4c3CCN4)CO2)cc1C(F)(F)F)C(F)(F)F. The number of halogens is 6. The number of nitrogens with zero attached hydrogens (tertiary/aromatic N) is 1. The van der Waals surface area contributed by atoms with E-state index in [2.05, 4.69) is 15.0 Å². The second-order valence-electron chi connectivity index (χ2n) is 7.32. The first kappa shape index (κ1) is 21.3. The summed E-state index contributed by atoms with van der Waals surface area (Å²) < 4.78 is 88.8. The van der Waals surface area contributed by atoms with Gasteiger partial charge in [0.1, 0.15) is 18.4 Å². The Labute approximate surface area is 173 Å². The number of nitrogens with one attached hydrogen (secondary N) is 1. The van der Waals surface area contributed by atoms with E-state index in [1.807, 2.05) is 18.2 Å². The van der Waals surface area contributed by atoms with Crippen molar-refractivity contribution in [3.8, 4) is 5.75 Å². The average Bonchev–Trinajstić information content (AvgIpc) is 3.36. The highest BCUT2D eigenvalue weighted by Crippen LogP contribution is 2.40. The zero-order valence-electron chi connectivity index (χ0n) is 16.3. The van der Waals surface area contributed by atoms with Gasteiger partial charge in [-0.15, -0.1) is 0 Å². The lowest BCUT2D eigenvalue weighted by molar-refractivity contribution is -0.191. The molecule has 0 aliphatic carbocycles. The van der Waals surface area contributed by atoms with E-state index in [1.165, 1.54) is 6.07 Å².